The number of hydrogen-bond donors (Lipinski definition) is 7. The number of aliphatic hydroxyl groups excluding tert-OH is 3. The van der Waals surface area contributed by atoms with Crippen molar-refractivity contribution in [2.45, 2.75) is 38.5 Å². The summed E-state index contributed by atoms with van der Waals surface area (Å²) in [4.78, 5) is 31.3. The van der Waals surface area contributed by atoms with Crippen molar-refractivity contribution in [2.24, 2.45) is 5.41 Å². The average molecular weight is 595 g/mol. The topological polar surface area (TPSA) is 160 Å². The summed E-state index contributed by atoms with van der Waals surface area (Å²) < 4.78 is 9.78. The van der Waals surface area contributed by atoms with Gasteiger partial charge in [-0.2, -0.15) is 0 Å². The zero-order valence-corrected chi connectivity index (χ0v) is 25.0. The predicted molar refractivity (Wildman–Crippen MR) is 157 cm³/mol. The highest BCUT2D eigenvalue weighted by Crippen LogP contribution is 2.42. The van der Waals surface area contributed by atoms with E-state index in [1.165, 1.54) is 5.56 Å². The van der Waals surface area contributed by atoms with Gasteiger partial charge in [-0.3, -0.25) is 0 Å². The highest BCUT2D eigenvalue weighted by molar-refractivity contribution is 7.53. The number of ether oxygens (including phenoxy) is 1. The van der Waals surface area contributed by atoms with Crippen molar-refractivity contribution in [3.63, 3.8) is 0 Å². The number of aliphatic hydroxyl groups is 3. The van der Waals surface area contributed by atoms with Crippen LogP contribution >= 0.6 is 17.2 Å². The van der Waals surface area contributed by atoms with Crippen LogP contribution in [-0.4, -0.2) is 61.3 Å². The Labute approximate surface area is 238 Å². The normalized spacial score (nSPS) is 12.3. The molecule has 0 heterocycles. The first-order valence-electron chi connectivity index (χ1n) is 12.6. The molecule has 0 aromatic heterocycles. The van der Waals surface area contributed by atoms with E-state index in [9.17, 15) is 15.3 Å². The molecule has 0 saturated heterocycles. The Bertz CT molecular complexity index is 1140. The lowest BCUT2D eigenvalue weighted by atomic mass is 9.73. The Kier molecular flexibility index (Phi) is 13.1. The fourth-order valence-corrected chi connectivity index (χ4v) is 4.67. The molecule has 0 saturated carbocycles. The number of hydrogen-bond acceptors (Lipinski definition) is 9. The molecule has 3 aromatic rings. The fraction of sp³-hybridized carbons (Fsp3) is 0.379. The maximum Gasteiger partial charge on any atom is 0.334 e. The molecule has 0 bridgehead atoms. The molecular weight excluding hydrogens is 554 g/mol. The summed E-state index contributed by atoms with van der Waals surface area (Å²) in [5.41, 5.74) is 2.88. The molecule has 220 valence electrons. The van der Waals surface area contributed by atoms with E-state index in [0.717, 1.165) is 16.7 Å². The lowest BCUT2D eigenvalue weighted by Gasteiger charge is -2.34. The van der Waals surface area contributed by atoms with Crippen LogP contribution in [0.3, 0.4) is 0 Å². The largest absolute Gasteiger partial charge is 0.492 e. The van der Waals surface area contributed by atoms with E-state index in [4.69, 9.17) is 24.3 Å². The van der Waals surface area contributed by atoms with Gasteiger partial charge in [0.1, 0.15) is 12.4 Å². The van der Waals surface area contributed by atoms with Crippen molar-refractivity contribution in [1.82, 2.24) is 0 Å². The molecular formula is C29H40O9P2. The summed E-state index contributed by atoms with van der Waals surface area (Å²) in [6.07, 6.45) is 0. The van der Waals surface area contributed by atoms with E-state index in [1.54, 1.807) is 0 Å². The Hall–Kier alpha value is -2.00. The highest BCUT2D eigenvalue weighted by Gasteiger charge is 2.33. The Balaban J connectivity index is 0.000000708. The van der Waals surface area contributed by atoms with Crippen LogP contribution in [0.5, 0.6) is 5.75 Å². The molecule has 40 heavy (non-hydrogen) atoms. The van der Waals surface area contributed by atoms with Crippen molar-refractivity contribution in [2.75, 3.05) is 26.4 Å². The van der Waals surface area contributed by atoms with Crippen molar-refractivity contribution < 1.29 is 43.9 Å². The van der Waals surface area contributed by atoms with E-state index in [0.29, 0.717) is 5.75 Å². The molecule has 0 unspecified atom stereocenters. The van der Waals surface area contributed by atoms with Crippen molar-refractivity contribution in [3.8, 4) is 5.75 Å². The summed E-state index contributed by atoms with van der Waals surface area (Å²) in [6.45, 7) is 7.68. The molecule has 0 atom stereocenters. The van der Waals surface area contributed by atoms with Gasteiger partial charge in [-0.25, -0.2) is 4.31 Å². The number of benzene rings is 3. The minimum atomic E-state index is -2.61. The molecule has 9 nitrogen and oxygen atoms in total. The zero-order chi connectivity index (χ0) is 30.0. The zero-order valence-electron chi connectivity index (χ0n) is 23.2. The van der Waals surface area contributed by atoms with E-state index in [1.807, 2.05) is 30.3 Å². The lowest BCUT2D eigenvalue weighted by Crippen LogP contribution is -2.40. The molecule has 0 aliphatic heterocycles. The van der Waals surface area contributed by atoms with E-state index in [2.05, 4.69) is 80.5 Å². The Morgan fingerprint density at radius 3 is 1.45 bits per heavy atom. The predicted octanol–water partition coefficient (Wildman–Crippen LogP) is 4.11. The summed E-state index contributed by atoms with van der Waals surface area (Å²) in [5, 5.41) is 29.2. The molecule has 0 radical (unpaired) electrons. The molecule has 0 aliphatic rings. The van der Waals surface area contributed by atoms with Gasteiger partial charge in [0.25, 0.3) is 0 Å². The summed E-state index contributed by atoms with van der Waals surface area (Å²) in [7, 11) is -5.22. The van der Waals surface area contributed by atoms with Gasteiger partial charge < -0.3 is 39.6 Å². The molecule has 0 spiro atoms. The van der Waals surface area contributed by atoms with Crippen LogP contribution in [0.15, 0.2) is 78.9 Å². The quantitative estimate of drug-likeness (QED) is 0.153. The summed E-state index contributed by atoms with van der Waals surface area (Å²) in [5.74, 6) is 0.677. The molecule has 7 N–H and O–H groups in total. The molecule has 0 aliphatic carbocycles. The second-order valence-electron chi connectivity index (χ2n) is 10.5. The standard InChI is InChI=1S/C29H36O4.H4O5P2/c1-27(2,22-11-7-5-8-12-22)24-15-16-26(33-21-29(18-30,19-31)20-32)25(17-24)28(3,4)23-13-9-6-10-14-23;1-6(2)5-7(3)4/h5-17,30-32H,18-21H2,1-4H3;1-4H. The lowest BCUT2D eigenvalue weighted by molar-refractivity contribution is -0.0261. The Morgan fingerprint density at radius 1 is 0.600 bits per heavy atom. The van der Waals surface area contributed by atoms with Gasteiger partial charge in [0.15, 0.2) is 0 Å². The van der Waals surface area contributed by atoms with Crippen LogP contribution in [0.2, 0.25) is 0 Å². The number of rotatable bonds is 12. The van der Waals surface area contributed by atoms with Gasteiger partial charge in [0, 0.05) is 16.4 Å². The summed E-state index contributed by atoms with van der Waals surface area (Å²) in [6, 6.07) is 27.0. The second kappa shape index (κ2) is 15.3. The Morgan fingerprint density at radius 2 is 1.05 bits per heavy atom. The van der Waals surface area contributed by atoms with Crippen LogP contribution < -0.4 is 4.74 Å². The van der Waals surface area contributed by atoms with Gasteiger partial charge in [0.05, 0.1) is 25.2 Å². The third-order valence-corrected chi connectivity index (χ3v) is 8.22. The molecule has 3 rings (SSSR count). The van der Waals surface area contributed by atoms with Gasteiger partial charge in [-0.05, 0) is 22.8 Å². The van der Waals surface area contributed by atoms with Gasteiger partial charge in [-0.15, -0.1) is 0 Å². The van der Waals surface area contributed by atoms with Crippen LogP contribution in [0.25, 0.3) is 0 Å². The van der Waals surface area contributed by atoms with Crippen molar-refractivity contribution >= 4 is 17.2 Å². The van der Waals surface area contributed by atoms with Crippen molar-refractivity contribution in [3.05, 3.63) is 101 Å². The first kappa shape index (κ1) is 34.2. The van der Waals surface area contributed by atoms with Crippen LogP contribution in [0, 0.1) is 5.41 Å². The second-order valence-corrected chi connectivity index (χ2v) is 12.2. The average Bonchev–Trinajstić information content (AvgIpc) is 2.94. The van der Waals surface area contributed by atoms with Gasteiger partial charge >= 0.3 is 17.2 Å². The van der Waals surface area contributed by atoms with Crippen LogP contribution in [0.4, 0.5) is 0 Å². The van der Waals surface area contributed by atoms with E-state index in [-0.39, 0.29) is 37.3 Å². The monoisotopic (exact) mass is 594 g/mol. The smallest absolute Gasteiger partial charge is 0.334 e. The van der Waals surface area contributed by atoms with Crippen LogP contribution in [0.1, 0.15) is 49.9 Å². The van der Waals surface area contributed by atoms with Gasteiger partial charge in [-0.1, -0.05) is 100 Å². The first-order valence-corrected chi connectivity index (χ1v) is 14.9. The molecule has 0 fully saturated rings. The third kappa shape index (κ3) is 9.00. The van der Waals surface area contributed by atoms with Crippen LogP contribution in [-0.2, 0) is 15.1 Å². The summed E-state index contributed by atoms with van der Waals surface area (Å²) >= 11 is 0. The van der Waals surface area contributed by atoms with Crippen molar-refractivity contribution in [1.29, 1.82) is 0 Å². The maximum absolute atomic E-state index is 9.74. The first-order chi connectivity index (χ1) is 18.8. The van der Waals surface area contributed by atoms with Gasteiger partial charge in [0.2, 0.25) is 0 Å². The maximum atomic E-state index is 9.74. The SMILES string of the molecule is CC(C)(c1ccccc1)c1ccc(OCC(CO)(CO)CO)c(C(C)(C)c2ccccc2)c1.OP(O)OP(O)O. The fourth-order valence-electron chi connectivity index (χ4n) is 4.15. The molecule has 0 amide bonds. The molecule has 3 aromatic carbocycles. The highest BCUT2D eigenvalue weighted by atomic mass is 31.2. The third-order valence-electron chi connectivity index (χ3n) is 7.05. The van der Waals surface area contributed by atoms with E-state index >= 15 is 0 Å². The van der Waals surface area contributed by atoms with E-state index < -0.39 is 22.6 Å². The molecule has 11 heteroatoms. The minimum Gasteiger partial charge on any atom is -0.492 e. The minimum absolute atomic E-state index is 0.00972.